The zero-order chi connectivity index (χ0) is 12.1. The van der Waals surface area contributed by atoms with Crippen molar-refractivity contribution in [3.05, 3.63) is 28.8 Å². The summed E-state index contributed by atoms with van der Waals surface area (Å²) >= 11 is 9.94. The molecule has 0 heterocycles. The summed E-state index contributed by atoms with van der Waals surface area (Å²) in [6.07, 6.45) is 0. The molecular weight excluding hydrogens is 250 g/mol. The Morgan fingerprint density at radius 1 is 1.44 bits per heavy atom. The number of halogens is 1. The van der Waals surface area contributed by atoms with Crippen LogP contribution in [0.4, 0.5) is 0 Å². The molecule has 4 nitrogen and oxygen atoms in total. The molecular formula is C10H12ClNO3S. The first kappa shape index (κ1) is 13.3. The third-order valence-electron chi connectivity index (χ3n) is 1.97. The number of carbonyl (C=O) groups is 1. The van der Waals surface area contributed by atoms with Crippen molar-refractivity contribution in [3.63, 3.8) is 0 Å². The molecule has 1 amide bonds. The smallest absolute Gasteiger partial charge is 0.253 e. The maximum atomic E-state index is 11.7. The zero-order valence-electron chi connectivity index (χ0n) is 8.35. The van der Waals surface area contributed by atoms with Gasteiger partial charge >= 0.3 is 0 Å². The number of hydrogen-bond acceptors (Lipinski definition) is 4. The molecule has 0 spiro atoms. The monoisotopic (exact) mass is 261 g/mol. The molecule has 1 aromatic carbocycles. The van der Waals surface area contributed by atoms with Crippen LogP contribution in [-0.4, -0.2) is 35.4 Å². The molecule has 0 bridgehead atoms. The number of hydrogen-bond donors (Lipinski definition) is 4. The number of nitrogens with one attached hydrogen (secondary N) is 1. The Kier molecular flexibility index (Phi) is 5.08. The Morgan fingerprint density at radius 2 is 2.06 bits per heavy atom. The van der Waals surface area contributed by atoms with E-state index in [2.05, 4.69) is 17.9 Å². The largest absolute Gasteiger partial charge is 0.394 e. The van der Waals surface area contributed by atoms with Crippen LogP contribution in [0.15, 0.2) is 23.1 Å². The number of aliphatic hydroxyl groups excluding tert-OH is 2. The second kappa shape index (κ2) is 6.10. The first-order valence-corrected chi connectivity index (χ1v) is 5.42. The third-order valence-corrected chi connectivity index (χ3v) is 2.58. The molecule has 1 rings (SSSR count). The van der Waals surface area contributed by atoms with Crippen molar-refractivity contribution in [2.45, 2.75) is 10.9 Å². The van der Waals surface area contributed by atoms with Crippen molar-refractivity contribution >= 4 is 30.1 Å². The van der Waals surface area contributed by atoms with Gasteiger partial charge in [0.25, 0.3) is 5.91 Å². The maximum absolute atomic E-state index is 11.7. The lowest BCUT2D eigenvalue weighted by Crippen LogP contribution is -2.40. The van der Waals surface area contributed by atoms with Gasteiger partial charge in [-0.25, -0.2) is 0 Å². The molecule has 88 valence electrons. The maximum Gasteiger partial charge on any atom is 0.253 e. The van der Waals surface area contributed by atoms with Gasteiger partial charge in [-0.1, -0.05) is 11.6 Å². The highest BCUT2D eigenvalue weighted by Crippen LogP contribution is 2.19. The highest BCUT2D eigenvalue weighted by atomic mass is 35.5. The lowest BCUT2D eigenvalue weighted by molar-refractivity contribution is 0.0879. The molecule has 1 aromatic rings. The predicted molar refractivity (Wildman–Crippen MR) is 64.1 cm³/mol. The van der Waals surface area contributed by atoms with E-state index in [1.165, 1.54) is 6.07 Å². The Morgan fingerprint density at radius 3 is 2.62 bits per heavy atom. The number of rotatable bonds is 4. The van der Waals surface area contributed by atoms with Gasteiger partial charge in [-0.05, 0) is 18.2 Å². The Balaban J connectivity index is 2.83. The van der Waals surface area contributed by atoms with Crippen molar-refractivity contribution in [3.8, 4) is 0 Å². The molecule has 3 N–H and O–H groups in total. The van der Waals surface area contributed by atoms with Gasteiger partial charge in [-0.3, -0.25) is 4.79 Å². The Bertz CT molecular complexity index is 382. The fourth-order valence-electron chi connectivity index (χ4n) is 1.10. The van der Waals surface area contributed by atoms with Crippen molar-refractivity contribution in [1.82, 2.24) is 5.32 Å². The van der Waals surface area contributed by atoms with E-state index in [1.54, 1.807) is 12.1 Å². The second-order valence-electron chi connectivity index (χ2n) is 3.20. The normalized spacial score (nSPS) is 10.6. The third kappa shape index (κ3) is 3.38. The van der Waals surface area contributed by atoms with E-state index in [1.807, 2.05) is 0 Å². The van der Waals surface area contributed by atoms with E-state index in [-0.39, 0.29) is 18.8 Å². The minimum Gasteiger partial charge on any atom is -0.394 e. The molecule has 0 aliphatic carbocycles. The quantitative estimate of drug-likeness (QED) is 0.604. The van der Waals surface area contributed by atoms with Crippen LogP contribution < -0.4 is 5.32 Å². The second-order valence-corrected chi connectivity index (χ2v) is 4.12. The van der Waals surface area contributed by atoms with Crippen LogP contribution in [0.2, 0.25) is 5.02 Å². The lowest BCUT2D eigenvalue weighted by atomic mass is 10.2. The lowest BCUT2D eigenvalue weighted by Gasteiger charge is -2.14. The van der Waals surface area contributed by atoms with Crippen LogP contribution in [0.5, 0.6) is 0 Å². The van der Waals surface area contributed by atoms with Gasteiger partial charge in [0.2, 0.25) is 0 Å². The zero-order valence-corrected chi connectivity index (χ0v) is 10.0. The number of amides is 1. The number of aliphatic hydroxyl groups is 2. The molecule has 0 unspecified atom stereocenters. The fraction of sp³-hybridized carbons (Fsp3) is 0.300. The van der Waals surface area contributed by atoms with E-state index in [4.69, 9.17) is 21.8 Å². The van der Waals surface area contributed by atoms with Crippen LogP contribution >= 0.6 is 24.2 Å². The summed E-state index contributed by atoms with van der Waals surface area (Å²) in [5.41, 5.74) is 0.265. The summed E-state index contributed by atoms with van der Waals surface area (Å²) in [5, 5.41) is 20.4. The highest BCUT2D eigenvalue weighted by Gasteiger charge is 2.14. The highest BCUT2D eigenvalue weighted by molar-refractivity contribution is 7.80. The molecule has 0 saturated carbocycles. The number of carbonyl (C=O) groups excluding carboxylic acids is 1. The molecule has 0 saturated heterocycles. The minimum absolute atomic E-state index is 0.265. The summed E-state index contributed by atoms with van der Waals surface area (Å²) in [7, 11) is 0. The van der Waals surface area contributed by atoms with Crippen LogP contribution in [0.3, 0.4) is 0 Å². The summed E-state index contributed by atoms with van der Waals surface area (Å²) < 4.78 is 0. The van der Waals surface area contributed by atoms with Crippen molar-refractivity contribution < 1.29 is 15.0 Å². The SMILES string of the molecule is O=C(NC(CO)CO)c1cc(S)ccc1Cl. The topological polar surface area (TPSA) is 69.6 Å². The summed E-state index contributed by atoms with van der Waals surface area (Å²) in [5.74, 6) is -0.450. The van der Waals surface area contributed by atoms with Crippen LogP contribution in [0, 0.1) is 0 Å². The van der Waals surface area contributed by atoms with Crippen molar-refractivity contribution in [2.75, 3.05) is 13.2 Å². The molecule has 0 fully saturated rings. The first-order valence-electron chi connectivity index (χ1n) is 4.59. The standard InChI is InChI=1S/C10H12ClNO3S/c11-9-2-1-7(16)3-8(9)10(15)12-6(4-13)5-14/h1-3,6,13-14,16H,4-5H2,(H,12,15). The fourth-order valence-corrected chi connectivity index (χ4v) is 1.51. The summed E-state index contributed by atoms with van der Waals surface area (Å²) in [4.78, 5) is 12.3. The molecule has 0 atom stereocenters. The molecule has 16 heavy (non-hydrogen) atoms. The van der Waals surface area contributed by atoms with E-state index < -0.39 is 11.9 Å². The molecule has 0 aliphatic heterocycles. The van der Waals surface area contributed by atoms with Gasteiger partial charge in [0, 0.05) is 4.90 Å². The summed E-state index contributed by atoms with van der Waals surface area (Å²) in [6.45, 7) is -0.666. The average Bonchev–Trinajstić information content (AvgIpc) is 2.28. The van der Waals surface area contributed by atoms with Crippen molar-refractivity contribution in [1.29, 1.82) is 0 Å². The van der Waals surface area contributed by atoms with E-state index in [0.717, 1.165) is 0 Å². The Hall–Kier alpha value is -0.750. The molecule has 0 aromatic heterocycles. The van der Waals surface area contributed by atoms with Gasteiger partial charge < -0.3 is 15.5 Å². The van der Waals surface area contributed by atoms with E-state index in [9.17, 15) is 4.79 Å². The van der Waals surface area contributed by atoms with Crippen molar-refractivity contribution in [2.24, 2.45) is 0 Å². The van der Waals surface area contributed by atoms with Gasteiger partial charge in [0.1, 0.15) is 0 Å². The molecule has 6 heteroatoms. The molecule has 0 aliphatic rings. The average molecular weight is 262 g/mol. The van der Waals surface area contributed by atoms with Gasteiger partial charge in [-0.15, -0.1) is 12.6 Å². The predicted octanol–water partition coefficient (Wildman–Crippen LogP) is 0.712. The summed E-state index contributed by atoms with van der Waals surface area (Å²) in [6, 6.07) is 4.06. The Labute approximate surface area is 104 Å². The van der Waals surface area contributed by atoms with E-state index in [0.29, 0.717) is 9.92 Å². The van der Waals surface area contributed by atoms with Gasteiger partial charge in [-0.2, -0.15) is 0 Å². The molecule has 0 radical (unpaired) electrons. The van der Waals surface area contributed by atoms with Crippen LogP contribution in [-0.2, 0) is 0 Å². The first-order chi connectivity index (χ1) is 7.58. The number of benzene rings is 1. The van der Waals surface area contributed by atoms with Crippen LogP contribution in [0.25, 0.3) is 0 Å². The van der Waals surface area contributed by atoms with E-state index >= 15 is 0 Å². The minimum atomic E-state index is -0.688. The van der Waals surface area contributed by atoms with Crippen LogP contribution in [0.1, 0.15) is 10.4 Å². The number of thiol groups is 1. The van der Waals surface area contributed by atoms with Gasteiger partial charge in [0.05, 0.1) is 29.8 Å². The van der Waals surface area contributed by atoms with Gasteiger partial charge in [0.15, 0.2) is 0 Å².